The van der Waals surface area contributed by atoms with Crippen molar-refractivity contribution in [3.05, 3.63) is 0 Å². The molecule has 2 N–H and O–H groups in total. The zero-order valence-electron chi connectivity index (χ0n) is 6.31. The van der Waals surface area contributed by atoms with E-state index in [2.05, 4.69) is 0 Å². The molecule has 0 heterocycles. The van der Waals surface area contributed by atoms with Gasteiger partial charge in [-0.25, -0.2) is 0 Å². The second-order valence-electron chi connectivity index (χ2n) is 2.86. The van der Waals surface area contributed by atoms with E-state index < -0.39 is 10.8 Å². The molecule has 3 heteroatoms. The molecule has 0 rings (SSSR count). The molecule has 0 radical (unpaired) electrons. The van der Waals surface area contributed by atoms with Gasteiger partial charge in [-0.2, -0.15) is 0 Å². The molecule has 0 aromatic carbocycles. The zero-order chi connectivity index (χ0) is 7.49. The van der Waals surface area contributed by atoms with Crippen LogP contribution in [0.2, 0.25) is 0 Å². The van der Waals surface area contributed by atoms with Gasteiger partial charge in [-0.15, -0.1) is 0 Å². The first-order valence-electron chi connectivity index (χ1n) is 3.09. The van der Waals surface area contributed by atoms with Crippen LogP contribution >= 0.6 is 0 Å². The van der Waals surface area contributed by atoms with Crippen LogP contribution in [0.4, 0.5) is 0 Å². The Bertz CT molecular complexity index is 106. The lowest BCUT2D eigenvalue weighted by Crippen LogP contribution is -2.38. The summed E-state index contributed by atoms with van der Waals surface area (Å²) >= 11 is 0. The standard InChI is InChI=1S/C6H15NOS/c1-4-9(8)5-6(2,3)7/h4-5,7H2,1-3H3. The number of hydrogen-bond donors (Lipinski definition) is 1. The van der Waals surface area contributed by atoms with Crippen LogP contribution in [0.3, 0.4) is 0 Å². The Kier molecular flexibility index (Phi) is 3.36. The van der Waals surface area contributed by atoms with Gasteiger partial charge in [0.1, 0.15) is 0 Å². The van der Waals surface area contributed by atoms with Gasteiger partial charge < -0.3 is 5.73 Å². The first kappa shape index (κ1) is 9.11. The second kappa shape index (κ2) is 3.32. The summed E-state index contributed by atoms with van der Waals surface area (Å²) in [5.74, 6) is 1.31. The highest BCUT2D eigenvalue weighted by Gasteiger charge is 2.13. The largest absolute Gasteiger partial charge is 0.325 e. The number of hydrogen-bond acceptors (Lipinski definition) is 2. The lowest BCUT2D eigenvalue weighted by molar-refractivity contribution is 0.578. The van der Waals surface area contributed by atoms with E-state index in [4.69, 9.17) is 5.73 Å². The molecule has 0 fully saturated rings. The molecule has 1 unspecified atom stereocenters. The first-order valence-corrected chi connectivity index (χ1v) is 4.58. The van der Waals surface area contributed by atoms with Gasteiger partial charge in [0, 0.05) is 27.8 Å². The Morgan fingerprint density at radius 3 is 2.11 bits per heavy atom. The van der Waals surface area contributed by atoms with Crippen molar-refractivity contribution in [1.82, 2.24) is 0 Å². The minimum atomic E-state index is -0.721. The van der Waals surface area contributed by atoms with Crippen molar-refractivity contribution in [2.75, 3.05) is 11.5 Å². The molecule has 0 aromatic rings. The fourth-order valence-corrected chi connectivity index (χ4v) is 1.55. The highest BCUT2D eigenvalue weighted by Crippen LogP contribution is 1.98. The predicted molar refractivity (Wildman–Crippen MR) is 41.8 cm³/mol. The fraction of sp³-hybridized carbons (Fsp3) is 1.00. The van der Waals surface area contributed by atoms with Gasteiger partial charge in [-0.3, -0.25) is 4.21 Å². The zero-order valence-corrected chi connectivity index (χ0v) is 7.12. The maximum absolute atomic E-state index is 10.9. The third-order valence-electron chi connectivity index (χ3n) is 0.855. The summed E-state index contributed by atoms with van der Waals surface area (Å²) in [6.07, 6.45) is 0. The van der Waals surface area contributed by atoms with Gasteiger partial charge in [0.05, 0.1) is 0 Å². The Morgan fingerprint density at radius 1 is 1.56 bits per heavy atom. The molecule has 0 saturated carbocycles. The summed E-state index contributed by atoms with van der Waals surface area (Å²) in [7, 11) is -0.721. The van der Waals surface area contributed by atoms with Gasteiger partial charge >= 0.3 is 0 Å². The van der Waals surface area contributed by atoms with Crippen LogP contribution in [-0.2, 0) is 10.8 Å². The van der Waals surface area contributed by atoms with Gasteiger partial charge in [-0.1, -0.05) is 6.92 Å². The lowest BCUT2D eigenvalue weighted by Gasteiger charge is -2.16. The van der Waals surface area contributed by atoms with E-state index in [1.54, 1.807) is 0 Å². The van der Waals surface area contributed by atoms with Crippen LogP contribution in [0.15, 0.2) is 0 Å². The molecule has 0 saturated heterocycles. The summed E-state index contributed by atoms with van der Waals surface area (Å²) in [4.78, 5) is 0. The highest BCUT2D eigenvalue weighted by atomic mass is 32.2. The quantitative estimate of drug-likeness (QED) is 0.634. The number of nitrogens with two attached hydrogens (primary N) is 1. The van der Waals surface area contributed by atoms with E-state index in [1.807, 2.05) is 20.8 Å². The van der Waals surface area contributed by atoms with Crippen molar-refractivity contribution in [1.29, 1.82) is 0 Å². The topological polar surface area (TPSA) is 43.1 Å². The van der Waals surface area contributed by atoms with Crippen LogP contribution in [0.25, 0.3) is 0 Å². The molecule has 0 amide bonds. The van der Waals surface area contributed by atoms with E-state index in [9.17, 15) is 4.21 Å². The summed E-state index contributed by atoms with van der Waals surface area (Å²) < 4.78 is 10.9. The van der Waals surface area contributed by atoms with Crippen molar-refractivity contribution in [2.24, 2.45) is 5.73 Å². The Hall–Kier alpha value is 0.110. The normalized spacial score (nSPS) is 15.6. The Labute approximate surface area is 59.3 Å². The SMILES string of the molecule is CCS(=O)CC(C)(C)N. The van der Waals surface area contributed by atoms with Crippen molar-refractivity contribution in [3.63, 3.8) is 0 Å². The predicted octanol–water partition coefficient (Wildman–Crippen LogP) is 0.492. The van der Waals surface area contributed by atoms with Crippen molar-refractivity contribution >= 4 is 10.8 Å². The first-order chi connectivity index (χ1) is 3.95. The molecular formula is C6H15NOS. The third-order valence-corrected chi connectivity index (χ3v) is 2.56. The second-order valence-corrected chi connectivity index (χ2v) is 4.61. The Balaban J connectivity index is 3.60. The van der Waals surface area contributed by atoms with Crippen LogP contribution < -0.4 is 5.73 Å². The highest BCUT2D eigenvalue weighted by molar-refractivity contribution is 7.85. The van der Waals surface area contributed by atoms with Crippen LogP contribution in [-0.4, -0.2) is 21.3 Å². The molecule has 0 aliphatic heterocycles. The van der Waals surface area contributed by atoms with Crippen molar-refractivity contribution < 1.29 is 4.21 Å². The van der Waals surface area contributed by atoms with E-state index >= 15 is 0 Å². The summed E-state index contributed by atoms with van der Waals surface area (Å²) in [5.41, 5.74) is 5.34. The molecule has 1 atom stereocenters. The maximum Gasteiger partial charge on any atom is 0.0409 e. The smallest absolute Gasteiger partial charge is 0.0409 e. The maximum atomic E-state index is 10.9. The summed E-state index contributed by atoms with van der Waals surface area (Å²) in [5, 5.41) is 0. The Morgan fingerprint density at radius 2 is 2.00 bits per heavy atom. The molecule has 56 valence electrons. The van der Waals surface area contributed by atoms with Crippen LogP contribution in [0, 0.1) is 0 Å². The molecular weight excluding hydrogens is 134 g/mol. The molecule has 0 aliphatic rings. The lowest BCUT2D eigenvalue weighted by atomic mass is 10.1. The van der Waals surface area contributed by atoms with E-state index in [1.165, 1.54) is 0 Å². The van der Waals surface area contributed by atoms with Gasteiger partial charge in [-0.05, 0) is 13.8 Å². The average molecular weight is 149 g/mol. The summed E-state index contributed by atoms with van der Waals surface area (Å²) in [6, 6.07) is 0. The van der Waals surface area contributed by atoms with Gasteiger partial charge in [0.25, 0.3) is 0 Å². The van der Waals surface area contributed by atoms with Gasteiger partial charge in [0.15, 0.2) is 0 Å². The van der Waals surface area contributed by atoms with Crippen molar-refractivity contribution in [2.45, 2.75) is 26.3 Å². The third kappa shape index (κ3) is 5.99. The minimum Gasteiger partial charge on any atom is -0.325 e. The monoisotopic (exact) mass is 149 g/mol. The molecule has 2 nitrogen and oxygen atoms in total. The fourth-order valence-electron chi connectivity index (χ4n) is 0.517. The average Bonchev–Trinajstić information content (AvgIpc) is 1.62. The molecule has 9 heavy (non-hydrogen) atoms. The molecule has 0 bridgehead atoms. The van der Waals surface area contributed by atoms with Crippen LogP contribution in [0.1, 0.15) is 20.8 Å². The molecule has 0 aromatic heterocycles. The van der Waals surface area contributed by atoms with Gasteiger partial charge in [0.2, 0.25) is 0 Å². The van der Waals surface area contributed by atoms with E-state index in [-0.39, 0.29) is 5.54 Å². The van der Waals surface area contributed by atoms with Crippen LogP contribution in [0.5, 0.6) is 0 Å². The molecule has 0 spiro atoms. The minimum absolute atomic E-state index is 0.277. The van der Waals surface area contributed by atoms with Crippen molar-refractivity contribution in [3.8, 4) is 0 Å². The number of rotatable bonds is 3. The summed E-state index contributed by atoms with van der Waals surface area (Å²) in [6.45, 7) is 5.68. The van der Waals surface area contributed by atoms with E-state index in [0.29, 0.717) is 11.5 Å². The molecule has 0 aliphatic carbocycles. The van der Waals surface area contributed by atoms with E-state index in [0.717, 1.165) is 0 Å².